The lowest BCUT2D eigenvalue weighted by Crippen LogP contribution is -2.52. The first kappa shape index (κ1) is 18.2. The monoisotopic (exact) mass is 482 g/mol. The number of halogens is 1. The molecule has 3 aliphatic rings. The molecule has 1 aromatic rings. The second-order valence-corrected chi connectivity index (χ2v) is 8.24. The molecule has 1 saturated carbocycles. The van der Waals surface area contributed by atoms with Gasteiger partial charge in [0.1, 0.15) is 6.04 Å². The number of hydrogen-bond acceptors (Lipinski definition) is 5. The molecule has 1 aliphatic carbocycles. The van der Waals surface area contributed by atoms with Crippen molar-refractivity contribution in [2.45, 2.75) is 44.3 Å². The molecule has 3 N–H and O–H groups in total. The van der Waals surface area contributed by atoms with Crippen molar-refractivity contribution in [1.29, 1.82) is 0 Å². The highest BCUT2D eigenvalue weighted by Crippen LogP contribution is 2.33. The van der Waals surface area contributed by atoms with Crippen molar-refractivity contribution in [3.63, 3.8) is 0 Å². The first-order valence-electron chi connectivity index (χ1n) is 8.92. The molecule has 0 radical (unpaired) electrons. The standard InChI is InChI=1S/C18H19IN4O4/c19-13-6-10(20-7-16(25)21-9-1-2-9)5-11-12(13)8-23(18(11)27)14-3-4-15(24)22-17(14)26/h5-6,9,14,20H,1-4,7-8H2,(H,21,25)(H,22,24,26). The summed E-state index contributed by atoms with van der Waals surface area (Å²) in [5.74, 6) is -1.00. The van der Waals surface area contributed by atoms with Gasteiger partial charge in [0.05, 0.1) is 6.54 Å². The molecule has 2 fully saturated rings. The second-order valence-electron chi connectivity index (χ2n) is 7.08. The highest BCUT2D eigenvalue weighted by molar-refractivity contribution is 14.1. The van der Waals surface area contributed by atoms with Gasteiger partial charge in [-0.05, 0) is 59.5 Å². The number of rotatable bonds is 5. The van der Waals surface area contributed by atoms with Gasteiger partial charge in [0.2, 0.25) is 17.7 Å². The fourth-order valence-electron chi connectivity index (χ4n) is 3.41. The molecule has 0 aromatic heterocycles. The lowest BCUT2D eigenvalue weighted by molar-refractivity contribution is -0.137. The third-order valence-corrected chi connectivity index (χ3v) is 5.96. The average Bonchev–Trinajstić information content (AvgIpc) is 3.37. The zero-order valence-corrected chi connectivity index (χ0v) is 16.7. The van der Waals surface area contributed by atoms with Crippen molar-refractivity contribution in [3.8, 4) is 0 Å². The van der Waals surface area contributed by atoms with E-state index in [9.17, 15) is 19.2 Å². The molecule has 1 aromatic carbocycles. The number of carbonyl (C=O) groups is 4. The second kappa shape index (κ2) is 7.10. The van der Waals surface area contributed by atoms with Crippen LogP contribution < -0.4 is 16.0 Å². The molecule has 0 bridgehead atoms. The van der Waals surface area contributed by atoms with Crippen LogP contribution in [0, 0.1) is 3.57 Å². The summed E-state index contributed by atoms with van der Waals surface area (Å²) in [6, 6.07) is 3.31. The summed E-state index contributed by atoms with van der Waals surface area (Å²) in [6.07, 6.45) is 2.64. The third kappa shape index (κ3) is 3.78. The highest BCUT2D eigenvalue weighted by Gasteiger charge is 2.40. The van der Waals surface area contributed by atoms with E-state index in [0.29, 0.717) is 30.3 Å². The predicted octanol–water partition coefficient (Wildman–Crippen LogP) is 0.743. The van der Waals surface area contributed by atoms with E-state index in [1.54, 1.807) is 6.07 Å². The fourth-order valence-corrected chi connectivity index (χ4v) is 4.20. The van der Waals surface area contributed by atoms with E-state index >= 15 is 0 Å². The van der Waals surface area contributed by atoms with E-state index in [1.165, 1.54) is 4.90 Å². The minimum atomic E-state index is -0.626. The Labute approximate surface area is 169 Å². The van der Waals surface area contributed by atoms with E-state index in [2.05, 4.69) is 38.5 Å². The zero-order chi connectivity index (χ0) is 19.1. The SMILES string of the molecule is O=C1CCC(N2Cc3c(I)cc(NCC(=O)NC4CC4)cc3C2=O)C(=O)N1. The Hall–Kier alpha value is -2.17. The number of amides is 4. The molecule has 8 nitrogen and oxygen atoms in total. The minimum Gasteiger partial charge on any atom is -0.376 e. The van der Waals surface area contributed by atoms with Gasteiger partial charge in [-0.2, -0.15) is 0 Å². The largest absolute Gasteiger partial charge is 0.376 e. The van der Waals surface area contributed by atoms with Crippen LogP contribution in [-0.4, -0.2) is 47.2 Å². The van der Waals surface area contributed by atoms with E-state index < -0.39 is 11.9 Å². The third-order valence-electron chi connectivity index (χ3n) is 5.00. The molecule has 4 amide bonds. The van der Waals surface area contributed by atoms with Gasteiger partial charge < -0.3 is 15.5 Å². The van der Waals surface area contributed by atoms with Gasteiger partial charge in [0, 0.05) is 33.8 Å². The average molecular weight is 482 g/mol. The molecule has 142 valence electrons. The molecule has 4 rings (SSSR count). The maximum absolute atomic E-state index is 12.9. The molecule has 2 heterocycles. The summed E-state index contributed by atoms with van der Waals surface area (Å²) >= 11 is 2.16. The van der Waals surface area contributed by atoms with Crippen LogP contribution in [0.5, 0.6) is 0 Å². The van der Waals surface area contributed by atoms with Gasteiger partial charge in [-0.15, -0.1) is 0 Å². The van der Waals surface area contributed by atoms with Crippen LogP contribution in [-0.2, 0) is 20.9 Å². The van der Waals surface area contributed by atoms with Crippen LogP contribution in [0.2, 0.25) is 0 Å². The maximum Gasteiger partial charge on any atom is 0.255 e. The number of carbonyl (C=O) groups excluding carboxylic acids is 4. The molecule has 0 spiro atoms. The Morgan fingerprint density at radius 1 is 1.22 bits per heavy atom. The molecule has 1 saturated heterocycles. The Morgan fingerprint density at radius 3 is 2.70 bits per heavy atom. The van der Waals surface area contributed by atoms with Gasteiger partial charge in [-0.25, -0.2) is 0 Å². The number of nitrogens with one attached hydrogen (secondary N) is 3. The number of benzene rings is 1. The number of nitrogens with zero attached hydrogens (tertiary/aromatic N) is 1. The zero-order valence-electron chi connectivity index (χ0n) is 14.5. The van der Waals surface area contributed by atoms with Crippen LogP contribution in [0.15, 0.2) is 12.1 Å². The predicted molar refractivity (Wildman–Crippen MR) is 105 cm³/mol. The lowest BCUT2D eigenvalue weighted by Gasteiger charge is -2.29. The number of fused-ring (bicyclic) bond motifs is 1. The summed E-state index contributed by atoms with van der Waals surface area (Å²) < 4.78 is 0.901. The summed E-state index contributed by atoms with van der Waals surface area (Å²) in [7, 11) is 0. The van der Waals surface area contributed by atoms with Gasteiger partial charge in [-0.3, -0.25) is 24.5 Å². The Bertz CT molecular complexity index is 852. The van der Waals surface area contributed by atoms with E-state index in [-0.39, 0.29) is 30.7 Å². The highest BCUT2D eigenvalue weighted by atomic mass is 127. The van der Waals surface area contributed by atoms with Gasteiger partial charge in [-0.1, -0.05) is 0 Å². The smallest absolute Gasteiger partial charge is 0.255 e. The summed E-state index contributed by atoms with van der Waals surface area (Å²) in [4.78, 5) is 49.7. The van der Waals surface area contributed by atoms with Gasteiger partial charge >= 0.3 is 0 Å². The van der Waals surface area contributed by atoms with Gasteiger partial charge in [0.15, 0.2) is 0 Å². The van der Waals surface area contributed by atoms with Crippen LogP contribution in [0.25, 0.3) is 0 Å². The Balaban J connectivity index is 1.47. The van der Waals surface area contributed by atoms with Crippen LogP contribution >= 0.6 is 22.6 Å². The summed E-state index contributed by atoms with van der Waals surface area (Å²) in [5, 5.41) is 8.28. The topological polar surface area (TPSA) is 108 Å². The molecule has 2 aliphatic heterocycles. The normalized spacial score (nSPS) is 21.7. The molecule has 1 atom stereocenters. The first-order valence-corrected chi connectivity index (χ1v) is 10.0. The van der Waals surface area contributed by atoms with Gasteiger partial charge in [0.25, 0.3) is 5.91 Å². The lowest BCUT2D eigenvalue weighted by atomic mass is 10.0. The maximum atomic E-state index is 12.9. The molecule has 9 heteroatoms. The fraction of sp³-hybridized carbons (Fsp3) is 0.444. The summed E-state index contributed by atoms with van der Waals surface area (Å²) in [6.45, 7) is 0.498. The van der Waals surface area contributed by atoms with Crippen molar-refractivity contribution in [1.82, 2.24) is 15.5 Å². The molecule has 1 unspecified atom stereocenters. The van der Waals surface area contributed by atoms with Crippen LogP contribution in [0.1, 0.15) is 41.6 Å². The quantitative estimate of drug-likeness (QED) is 0.424. The van der Waals surface area contributed by atoms with E-state index in [4.69, 9.17) is 0 Å². The van der Waals surface area contributed by atoms with Crippen LogP contribution in [0.3, 0.4) is 0 Å². The molecular weight excluding hydrogens is 463 g/mol. The number of anilines is 1. The van der Waals surface area contributed by atoms with Crippen molar-refractivity contribution in [2.75, 3.05) is 11.9 Å². The van der Waals surface area contributed by atoms with E-state index in [1.807, 2.05) is 6.07 Å². The van der Waals surface area contributed by atoms with Crippen molar-refractivity contribution >= 4 is 51.9 Å². The van der Waals surface area contributed by atoms with Crippen molar-refractivity contribution < 1.29 is 19.2 Å². The van der Waals surface area contributed by atoms with E-state index in [0.717, 1.165) is 22.0 Å². The molecular formula is C18H19IN4O4. The first-order chi connectivity index (χ1) is 12.9. The molecule has 27 heavy (non-hydrogen) atoms. The van der Waals surface area contributed by atoms with Crippen LogP contribution in [0.4, 0.5) is 5.69 Å². The minimum absolute atomic E-state index is 0.0653. The van der Waals surface area contributed by atoms with Crippen molar-refractivity contribution in [3.05, 3.63) is 26.8 Å². The van der Waals surface area contributed by atoms with Crippen molar-refractivity contribution in [2.24, 2.45) is 0 Å². The number of hydrogen-bond donors (Lipinski definition) is 3. The Morgan fingerprint density at radius 2 is 2.00 bits per heavy atom. The number of imide groups is 1. The Kier molecular flexibility index (Phi) is 4.79. The summed E-state index contributed by atoms with van der Waals surface area (Å²) in [5.41, 5.74) is 2.11. The number of piperidine rings is 1.